The Morgan fingerprint density at radius 3 is 2.55 bits per heavy atom. The molecular formula is C25H22N2O4. The Morgan fingerprint density at radius 2 is 1.77 bits per heavy atom. The van der Waals surface area contributed by atoms with Gasteiger partial charge in [-0.3, -0.25) is 19.3 Å². The molecule has 3 aromatic carbocycles. The van der Waals surface area contributed by atoms with Crippen LogP contribution in [0.4, 0.5) is 5.69 Å². The van der Waals surface area contributed by atoms with Gasteiger partial charge >= 0.3 is 0 Å². The predicted molar refractivity (Wildman–Crippen MR) is 117 cm³/mol. The van der Waals surface area contributed by atoms with Crippen molar-refractivity contribution in [2.45, 2.75) is 19.9 Å². The summed E-state index contributed by atoms with van der Waals surface area (Å²) in [7, 11) is 1.52. The van der Waals surface area contributed by atoms with Gasteiger partial charge in [-0.1, -0.05) is 35.9 Å². The molecule has 3 aromatic rings. The fourth-order valence-corrected chi connectivity index (χ4v) is 3.69. The highest BCUT2D eigenvalue weighted by atomic mass is 16.5. The Labute approximate surface area is 180 Å². The van der Waals surface area contributed by atoms with Crippen molar-refractivity contribution in [3.05, 3.63) is 94.5 Å². The van der Waals surface area contributed by atoms with Gasteiger partial charge in [-0.05, 0) is 54.4 Å². The van der Waals surface area contributed by atoms with Crippen molar-refractivity contribution in [3.8, 4) is 5.75 Å². The van der Waals surface area contributed by atoms with E-state index in [4.69, 9.17) is 4.74 Å². The molecule has 1 N–H and O–H groups in total. The second kappa shape index (κ2) is 8.44. The van der Waals surface area contributed by atoms with Gasteiger partial charge in [0.1, 0.15) is 5.75 Å². The smallest absolute Gasteiger partial charge is 0.260 e. The molecular weight excluding hydrogens is 392 g/mol. The molecule has 1 aliphatic heterocycles. The van der Waals surface area contributed by atoms with Gasteiger partial charge in [0.2, 0.25) is 5.91 Å². The van der Waals surface area contributed by atoms with Crippen LogP contribution in [0.15, 0.2) is 66.7 Å². The molecule has 1 aliphatic rings. The van der Waals surface area contributed by atoms with Crippen molar-refractivity contribution in [2.75, 3.05) is 12.4 Å². The van der Waals surface area contributed by atoms with Gasteiger partial charge in [0, 0.05) is 11.3 Å². The lowest BCUT2D eigenvalue weighted by atomic mass is 9.97. The zero-order chi connectivity index (χ0) is 22.0. The molecule has 0 bridgehead atoms. The number of nitrogens with zero attached hydrogens (tertiary/aromatic N) is 1. The number of methoxy groups -OCH3 is 1. The van der Waals surface area contributed by atoms with Gasteiger partial charge in [0.05, 0.1) is 25.6 Å². The molecule has 6 heteroatoms. The van der Waals surface area contributed by atoms with Crippen LogP contribution < -0.4 is 10.1 Å². The minimum absolute atomic E-state index is 0.146. The molecule has 6 nitrogen and oxygen atoms in total. The zero-order valence-electron chi connectivity index (χ0n) is 17.3. The lowest BCUT2D eigenvalue weighted by Crippen LogP contribution is -2.40. The quantitative estimate of drug-likeness (QED) is 0.655. The third kappa shape index (κ3) is 4.19. The van der Waals surface area contributed by atoms with Gasteiger partial charge in [-0.25, -0.2) is 0 Å². The van der Waals surface area contributed by atoms with Crippen LogP contribution in [0.2, 0.25) is 0 Å². The lowest BCUT2D eigenvalue weighted by Gasteiger charge is -2.27. The molecule has 0 spiro atoms. The summed E-state index contributed by atoms with van der Waals surface area (Å²) in [6.07, 6.45) is 0.146. The summed E-state index contributed by atoms with van der Waals surface area (Å²) >= 11 is 0. The first-order chi connectivity index (χ1) is 15.0. The van der Waals surface area contributed by atoms with Crippen LogP contribution in [-0.4, -0.2) is 29.7 Å². The molecule has 0 saturated heterocycles. The predicted octanol–water partition coefficient (Wildman–Crippen LogP) is 3.98. The number of imide groups is 1. The Hall–Kier alpha value is -3.93. The van der Waals surface area contributed by atoms with Crippen molar-refractivity contribution >= 4 is 23.4 Å². The number of carbonyl (C=O) groups is 3. The van der Waals surface area contributed by atoms with Crippen molar-refractivity contribution in [3.63, 3.8) is 0 Å². The lowest BCUT2D eigenvalue weighted by molar-refractivity contribution is -0.129. The first kappa shape index (κ1) is 20.3. The second-order valence-corrected chi connectivity index (χ2v) is 7.47. The van der Waals surface area contributed by atoms with E-state index in [2.05, 4.69) is 5.32 Å². The zero-order valence-corrected chi connectivity index (χ0v) is 17.3. The van der Waals surface area contributed by atoms with Crippen LogP contribution in [-0.2, 0) is 17.8 Å². The highest BCUT2D eigenvalue weighted by Gasteiger charge is 2.29. The normalized spacial score (nSPS) is 12.8. The van der Waals surface area contributed by atoms with E-state index in [0.29, 0.717) is 22.6 Å². The van der Waals surface area contributed by atoms with Crippen LogP contribution in [0.3, 0.4) is 0 Å². The topological polar surface area (TPSA) is 75.7 Å². The van der Waals surface area contributed by atoms with Crippen LogP contribution >= 0.6 is 0 Å². The number of rotatable bonds is 4. The van der Waals surface area contributed by atoms with E-state index in [1.807, 2.05) is 25.1 Å². The molecule has 0 unspecified atom stereocenters. The number of fused-ring (bicyclic) bond motifs is 1. The number of nitrogens with one attached hydrogen (secondary N) is 1. The summed E-state index contributed by atoms with van der Waals surface area (Å²) in [5.74, 6) is -0.358. The van der Waals surface area contributed by atoms with Gasteiger partial charge < -0.3 is 10.1 Å². The van der Waals surface area contributed by atoms with E-state index in [-0.39, 0.29) is 30.7 Å². The van der Waals surface area contributed by atoms with E-state index in [0.717, 1.165) is 16.7 Å². The number of anilines is 1. The number of carbonyl (C=O) groups excluding carboxylic acids is 3. The molecule has 0 fully saturated rings. The number of benzene rings is 3. The van der Waals surface area contributed by atoms with Gasteiger partial charge in [-0.2, -0.15) is 0 Å². The molecule has 0 atom stereocenters. The molecule has 1 heterocycles. The maximum Gasteiger partial charge on any atom is 0.260 e. The third-order valence-corrected chi connectivity index (χ3v) is 5.30. The summed E-state index contributed by atoms with van der Waals surface area (Å²) < 4.78 is 5.25. The average Bonchev–Trinajstić information content (AvgIpc) is 2.78. The SMILES string of the molecule is COc1ccccc1C(=O)Nc1ccc2c(c1)CN(C(=O)c1cccc(C)c1)C(=O)C2. The summed E-state index contributed by atoms with van der Waals surface area (Å²) in [5.41, 5.74) is 4.14. The van der Waals surface area contributed by atoms with Crippen molar-refractivity contribution in [1.29, 1.82) is 0 Å². The maximum absolute atomic E-state index is 12.9. The average molecular weight is 414 g/mol. The highest BCUT2D eigenvalue weighted by Crippen LogP contribution is 2.26. The molecule has 0 aliphatic carbocycles. The molecule has 4 rings (SSSR count). The standard InChI is InChI=1S/C25H22N2O4/c1-16-6-5-7-18(12-16)25(30)27-15-19-13-20(11-10-17(19)14-23(27)28)26-24(29)21-8-3-4-9-22(21)31-2/h3-13H,14-15H2,1-2H3,(H,26,29). The third-order valence-electron chi connectivity index (χ3n) is 5.30. The summed E-state index contributed by atoms with van der Waals surface area (Å²) in [4.78, 5) is 39.5. The minimum atomic E-state index is -0.317. The maximum atomic E-state index is 12.9. The molecule has 0 saturated carbocycles. The van der Waals surface area contributed by atoms with Gasteiger partial charge in [0.15, 0.2) is 0 Å². The number of hydrogen-bond acceptors (Lipinski definition) is 4. The van der Waals surface area contributed by atoms with Crippen LogP contribution in [0.5, 0.6) is 5.75 Å². The summed E-state index contributed by atoms with van der Waals surface area (Å²) in [5, 5.41) is 2.87. The summed E-state index contributed by atoms with van der Waals surface area (Å²) in [6, 6.07) is 19.6. The molecule has 156 valence electrons. The van der Waals surface area contributed by atoms with Crippen LogP contribution in [0.1, 0.15) is 37.4 Å². The number of ether oxygens (including phenoxy) is 1. The van der Waals surface area contributed by atoms with Crippen molar-refractivity contribution < 1.29 is 19.1 Å². The largest absolute Gasteiger partial charge is 0.496 e. The van der Waals surface area contributed by atoms with Gasteiger partial charge in [0.25, 0.3) is 11.8 Å². The number of aryl methyl sites for hydroxylation is 1. The van der Waals surface area contributed by atoms with Crippen LogP contribution in [0, 0.1) is 6.92 Å². The number of hydrogen-bond donors (Lipinski definition) is 1. The van der Waals surface area contributed by atoms with Crippen molar-refractivity contribution in [2.24, 2.45) is 0 Å². The van der Waals surface area contributed by atoms with Gasteiger partial charge in [-0.15, -0.1) is 0 Å². The Morgan fingerprint density at radius 1 is 0.968 bits per heavy atom. The van der Waals surface area contributed by atoms with Crippen molar-refractivity contribution in [1.82, 2.24) is 4.90 Å². The fraction of sp³-hybridized carbons (Fsp3) is 0.160. The Balaban J connectivity index is 1.56. The highest BCUT2D eigenvalue weighted by molar-refractivity contribution is 6.07. The van der Waals surface area contributed by atoms with E-state index >= 15 is 0 Å². The first-order valence-electron chi connectivity index (χ1n) is 9.94. The van der Waals surface area contributed by atoms with E-state index in [1.54, 1.807) is 48.5 Å². The fourth-order valence-electron chi connectivity index (χ4n) is 3.69. The number of para-hydroxylation sites is 1. The molecule has 0 aromatic heterocycles. The molecule has 0 radical (unpaired) electrons. The monoisotopic (exact) mass is 414 g/mol. The number of amides is 3. The minimum Gasteiger partial charge on any atom is -0.496 e. The van der Waals surface area contributed by atoms with E-state index < -0.39 is 0 Å². The Bertz CT molecular complexity index is 1190. The second-order valence-electron chi connectivity index (χ2n) is 7.47. The van der Waals surface area contributed by atoms with E-state index in [1.165, 1.54) is 12.0 Å². The van der Waals surface area contributed by atoms with Crippen LogP contribution in [0.25, 0.3) is 0 Å². The first-order valence-corrected chi connectivity index (χ1v) is 9.94. The molecule has 31 heavy (non-hydrogen) atoms. The molecule has 3 amide bonds. The van der Waals surface area contributed by atoms with E-state index in [9.17, 15) is 14.4 Å². The Kier molecular flexibility index (Phi) is 5.54. The summed E-state index contributed by atoms with van der Waals surface area (Å²) in [6.45, 7) is 2.07.